The lowest BCUT2D eigenvalue weighted by atomic mass is 10.0. The molecule has 0 saturated carbocycles. The highest BCUT2D eigenvalue weighted by Gasteiger charge is 2.26. The minimum Gasteiger partial charge on any atom is -0.497 e. The fraction of sp³-hybridized carbons (Fsp3) is 0.300. The summed E-state index contributed by atoms with van der Waals surface area (Å²) in [5, 5.41) is 0. The Kier molecular flexibility index (Phi) is 4.24. The van der Waals surface area contributed by atoms with Crippen molar-refractivity contribution in [1.82, 2.24) is 14.3 Å². The molecule has 0 unspecified atom stereocenters. The number of likely N-dealkylation sites (tertiary alicyclic amines) is 1. The van der Waals surface area contributed by atoms with E-state index in [1.807, 2.05) is 30.3 Å². The number of methoxy groups -OCH3 is 1. The van der Waals surface area contributed by atoms with E-state index >= 15 is 0 Å². The molecule has 1 atom stereocenters. The van der Waals surface area contributed by atoms with Gasteiger partial charge in [0.1, 0.15) is 11.4 Å². The summed E-state index contributed by atoms with van der Waals surface area (Å²) in [6.07, 6.45) is 4.01. The minimum atomic E-state index is -0.0299. The number of aromatic nitrogens is 2. The molecule has 5 nitrogen and oxygen atoms in total. The molecule has 1 fully saturated rings. The monoisotopic (exact) mass is 335 g/mol. The molecule has 0 aliphatic carbocycles. The third-order valence-corrected chi connectivity index (χ3v) is 4.83. The van der Waals surface area contributed by atoms with E-state index in [-0.39, 0.29) is 5.56 Å². The number of nitrogens with zero attached hydrogens (tertiary/aromatic N) is 3. The maximum atomic E-state index is 12.3. The van der Waals surface area contributed by atoms with Crippen LogP contribution >= 0.6 is 0 Å². The first-order valence-electron chi connectivity index (χ1n) is 8.60. The van der Waals surface area contributed by atoms with Gasteiger partial charge in [-0.25, -0.2) is 4.98 Å². The highest BCUT2D eigenvalue weighted by Crippen LogP contribution is 2.34. The molecule has 0 N–H and O–H groups in total. The van der Waals surface area contributed by atoms with Crippen LogP contribution < -0.4 is 10.3 Å². The van der Waals surface area contributed by atoms with Gasteiger partial charge in [-0.05, 0) is 49.2 Å². The Hall–Kier alpha value is -2.66. The molecule has 0 amide bonds. The fourth-order valence-corrected chi connectivity index (χ4v) is 3.63. The Labute approximate surface area is 146 Å². The van der Waals surface area contributed by atoms with E-state index < -0.39 is 0 Å². The molecule has 1 saturated heterocycles. The third kappa shape index (κ3) is 3.15. The van der Waals surface area contributed by atoms with E-state index in [2.05, 4.69) is 22.0 Å². The number of benzene rings is 1. The second kappa shape index (κ2) is 6.69. The highest BCUT2D eigenvalue weighted by molar-refractivity contribution is 5.38. The van der Waals surface area contributed by atoms with Gasteiger partial charge in [0.15, 0.2) is 0 Å². The van der Waals surface area contributed by atoms with E-state index in [1.54, 1.807) is 23.8 Å². The molecule has 1 aliphatic heterocycles. The Balaban J connectivity index is 1.62. The van der Waals surface area contributed by atoms with Crippen LogP contribution in [0.4, 0.5) is 0 Å². The van der Waals surface area contributed by atoms with Crippen LogP contribution in [-0.2, 0) is 6.54 Å². The maximum Gasteiger partial charge on any atom is 0.258 e. The zero-order valence-electron chi connectivity index (χ0n) is 14.3. The smallest absolute Gasteiger partial charge is 0.258 e. The minimum absolute atomic E-state index is 0.0299. The van der Waals surface area contributed by atoms with E-state index in [0.717, 1.165) is 30.8 Å². The quantitative estimate of drug-likeness (QED) is 0.735. The molecule has 0 spiro atoms. The maximum absolute atomic E-state index is 12.3. The van der Waals surface area contributed by atoms with Gasteiger partial charge in [-0.3, -0.25) is 14.1 Å². The predicted molar refractivity (Wildman–Crippen MR) is 96.8 cm³/mol. The lowest BCUT2D eigenvalue weighted by Crippen LogP contribution is -2.25. The molecule has 0 bridgehead atoms. The average molecular weight is 335 g/mol. The van der Waals surface area contributed by atoms with Gasteiger partial charge in [0.25, 0.3) is 5.56 Å². The summed E-state index contributed by atoms with van der Waals surface area (Å²) in [7, 11) is 1.69. The summed E-state index contributed by atoms with van der Waals surface area (Å²) in [5.41, 5.74) is 2.75. The van der Waals surface area contributed by atoms with Gasteiger partial charge >= 0.3 is 0 Å². The summed E-state index contributed by atoms with van der Waals surface area (Å²) in [6.45, 7) is 1.69. The summed E-state index contributed by atoms with van der Waals surface area (Å²) in [4.78, 5) is 19.4. The van der Waals surface area contributed by atoms with E-state index in [1.165, 1.54) is 5.56 Å². The van der Waals surface area contributed by atoms with Crippen LogP contribution in [0.5, 0.6) is 5.75 Å². The molecule has 25 heavy (non-hydrogen) atoms. The lowest BCUT2D eigenvalue weighted by molar-refractivity contribution is 0.245. The zero-order chi connectivity index (χ0) is 17.2. The molecule has 4 rings (SSSR count). The van der Waals surface area contributed by atoms with E-state index in [0.29, 0.717) is 18.2 Å². The molecular weight excluding hydrogens is 314 g/mol. The van der Waals surface area contributed by atoms with E-state index in [9.17, 15) is 4.79 Å². The van der Waals surface area contributed by atoms with Crippen LogP contribution in [0.15, 0.2) is 59.5 Å². The lowest BCUT2D eigenvalue weighted by Gasteiger charge is -2.24. The predicted octanol–water partition coefficient (Wildman–Crippen LogP) is 3.04. The third-order valence-electron chi connectivity index (χ3n) is 4.83. The fourth-order valence-electron chi connectivity index (χ4n) is 3.63. The standard InChI is InChI=1S/C20H21N3O2/c1-25-17-7-4-6-15(12-17)18-8-5-10-22(18)14-16-13-20(24)23-11-3-2-9-19(23)21-16/h2-4,6-7,9,11-13,18H,5,8,10,14H2,1H3/t18-/m0/s1. The second-order valence-corrected chi connectivity index (χ2v) is 6.42. The molecular formula is C20H21N3O2. The van der Waals surface area contributed by atoms with Crippen molar-refractivity contribution in [2.75, 3.05) is 13.7 Å². The SMILES string of the molecule is COc1cccc([C@@H]2CCCN2Cc2cc(=O)n3ccccc3n2)c1. The topological polar surface area (TPSA) is 46.8 Å². The van der Waals surface area contributed by atoms with Crippen LogP contribution in [0.2, 0.25) is 0 Å². The van der Waals surface area contributed by atoms with Crippen molar-refractivity contribution in [3.05, 3.63) is 76.3 Å². The van der Waals surface area contributed by atoms with Gasteiger partial charge in [0, 0.05) is 24.8 Å². The highest BCUT2D eigenvalue weighted by atomic mass is 16.5. The molecule has 1 aliphatic rings. The normalized spacial score (nSPS) is 17.9. The van der Waals surface area contributed by atoms with Crippen LogP contribution in [0.1, 0.15) is 30.1 Å². The van der Waals surface area contributed by atoms with Crippen LogP contribution in [0.25, 0.3) is 5.65 Å². The van der Waals surface area contributed by atoms with Crippen molar-refractivity contribution in [3.8, 4) is 5.75 Å². The molecule has 2 aromatic heterocycles. The number of rotatable bonds is 4. The van der Waals surface area contributed by atoms with Crippen molar-refractivity contribution in [2.24, 2.45) is 0 Å². The van der Waals surface area contributed by atoms with Gasteiger partial charge < -0.3 is 4.74 Å². The largest absolute Gasteiger partial charge is 0.497 e. The first kappa shape index (κ1) is 15.8. The first-order chi connectivity index (χ1) is 12.2. The summed E-state index contributed by atoms with van der Waals surface area (Å²) in [5.74, 6) is 0.881. The van der Waals surface area contributed by atoms with Crippen molar-refractivity contribution >= 4 is 5.65 Å². The first-order valence-corrected chi connectivity index (χ1v) is 8.60. The number of hydrogen-bond acceptors (Lipinski definition) is 4. The van der Waals surface area contributed by atoms with Crippen molar-refractivity contribution < 1.29 is 4.74 Å². The summed E-state index contributed by atoms with van der Waals surface area (Å²) in [6, 6.07) is 15.9. The average Bonchev–Trinajstić information content (AvgIpc) is 3.10. The molecule has 128 valence electrons. The molecule has 0 radical (unpaired) electrons. The number of fused-ring (bicyclic) bond motifs is 1. The zero-order valence-corrected chi connectivity index (χ0v) is 14.3. The molecule has 1 aromatic carbocycles. The van der Waals surface area contributed by atoms with Crippen molar-refractivity contribution in [3.63, 3.8) is 0 Å². The van der Waals surface area contributed by atoms with Crippen molar-refractivity contribution in [2.45, 2.75) is 25.4 Å². The molecule has 5 heteroatoms. The van der Waals surface area contributed by atoms with E-state index in [4.69, 9.17) is 4.74 Å². The van der Waals surface area contributed by atoms with Crippen molar-refractivity contribution in [1.29, 1.82) is 0 Å². The van der Waals surface area contributed by atoms with Crippen LogP contribution in [0.3, 0.4) is 0 Å². The van der Waals surface area contributed by atoms with Gasteiger partial charge in [-0.2, -0.15) is 0 Å². The molecule has 3 heterocycles. The summed E-state index contributed by atoms with van der Waals surface area (Å²) >= 11 is 0. The van der Waals surface area contributed by atoms with Crippen LogP contribution in [0, 0.1) is 0 Å². The second-order valence-electron chi connectivity index (χ2n) is 6.42. The Morgan fingerprint density at radius 3 is 3.00 bits per heavy atom. The summed E-state index contributed by atoms with van der Waals surface area (Å²) < 4.78 is 6.93. The Bertz CT molecular complexity index is 951. The molecule has 3 aromatic rings. The van der Waals surface area contributed by atoms with Gasteiger partial charge in [-0.1, -0.05) is 18.2 Å². The Morgan fingerprint density at radius 2 is 2.12 bits per heavy atom. The number of pyridine rings is 1. The van der Waals surface area contributed by atoms with Gasteiger partial charge in [-0.15, -0.1) is 0 Å². The van der Waals surface area contributed by atoms with Crippen LogP contribution in [-0.4, -0.2) is 27.9 Å². The Morgan fingerprint density at radius 1 is 1.20 bits per heavy atom. The number of hydrogen-bond donors (Lipinski definition) is 0. The van der Waals surface area contributed by atoms with Gasteiger partial charge in [0.05, 0.1) is 12.8 Å². The van der Waals surface area contributed by atoms with Gasteiger partial charge in [0.2, 0.25) is 0 Å². The number of ether oxygens (including phenoxy) is 1.